The summed E-state index contributed by atoms with van der Waals surface area (Å²) in [6.07, 6.45) is 1.75. The van der Waals surface area contributed by atoms with Crippen LogP contribution < -0.4 is 9.47 Å². The van der Waals surface area contributed by atoms with Crippen LogP contribution in [0.3, 0.4) is 0 Å². The van der Waals surface area contributed by atoms with E-state index in [9.17, 15) is 0 Å². The van der Waals surface area contributed by atoms with Gasteiger partial charge in [-0.15, -0.1) is 0 Å². The summed E-state index contributed by atoms with van der Waals surface area (Å²) in [6, 6.07) is 5.67. The number of rotatable bonds is 2. The Morgan fingerprint density at radius 2 is 1.80 bits per heavy atom. The first kappa shape index (κ1) is 10.2. The van der Waals surface area contributed by atoms with Gasteiger partial charge in [-0.3, -0.25) is 4.98 Å². The zero-order valence-corrected chi connectivity index (χ0v) is 10.0. The lowest BCUT2D eigenvalue weighted by Crippen LogP contribution is -1.91. The molecule has 0 aliphatic rings. The highest BCUT2D eigenvalue weighted by Crippen LogP contribution is 2.33. The van der Waals surface area contributed by atoms with Crippen LogP contribution in [0, 0.1) is 0 Å². The van der Waals surface area contributed by atoms with Crippen LogP contribution in [0.2, 0.25) is 0 Å². The van der Waals surface area contributed by atoms with E-state index >= 15 is 0 Å². The lowest BCUT2D eigenvalue weighted by atomic mass is 10.2. The van der Waals surface area contributed by atoms with Gasteiger partial charge in [-0.05, 0) is 12.1 Å². The fourth-order valence-electron chi connectivity index (χ4n) is 1.44. The van der Waals surface area contributed by atoms with Crippen molar-refractivity contribution in [2.24, 2.45) is 0 Å². The monoisotopic (exact) mass is 267 g/mol. The van der Waals surface area contributed by atoms with E-state index in [4.69, 9.17) is 9.47 Å². The van der Waals surface area contributed by atoms with Crippen LogP contribution in [0.15, 0.2) is 28.9 Å². The van der Waals surface area contributed by atoms with Gasteiger partial charge in [0.05, 0.1) is 19.7 Å². The van der Waals surface area contributed by atoms with Crippen molar-refractivity contribution in [1.82, 2.24) is 4.98 Å². The first-order valence-corrected chi connectivity index (χ1v) is 5.22. The molecule has 0 atom stereocenters. The topological polar surface area (TPSA) is 31.4 Å². The first-order valence-electron chi connectivity index (χ1n) is 4.42. The van der Waals surface area contributed by atoms with Crippen molar-refractivity contribution in [2.75, 3.05) is 14.2 Å². The molecule has 0 saturated carbocycles. The molecular weight excluding hydrogens is 258 g/mol. The number of pyridine rings is 1. The molecular formula is C11H10BrNO2. The third-order valence-electron chi connectivity index (χ3n) is 2.19. The minimum Gasteiger partial charge on any atom is -0.493 e. The highest BCUT2D eigenvalue weighted by atomic mass is 79.9. The highest BCUT2D eigenvalue weighted by molar-refractivity contribution is 9.10. The third kappa shape index (κ3) is 1.77. The van der Waals surface area contributed by atoms with Gasteiger partial charge >= 0.3 is 0 Å². The van der Waals surface area contributed by atoms with Crippen molar-refractivity contribution in [3.05, 3.63) is 28.9 Å². The number of ether oxygens (including phenoxy) is 2. The normalized spacial score (nSPS) is 10.3. The van der Waals surface area contributed by atoms with E-state index in [0.717, 1.165) is 15.4 Å². The summed E-state index contributed by atoms with van der Waals surface area (Å²) in [7, 11) is 3.23. The molecule has 1 aromatic carbocycles. The van der Waals surface area contributed by atoms with Gasteiger partial charge in [0.15, 0.2) is 11.5 Å². The van der Waals surface area contributed by atoms with Gasteiger partial charge in [-0.1, -0.05) is 15.9 Å². The van der Waals surface area contributed by atoms with Gasteiger partial charge < -0.3 is 9.47 Å². The predicted molar refractivity (Wildman–Crippen MR) is 62.5 cm³/mol. The average molecular weight is 268 g/mol. The standard InChI is InChI=1S/C11H10BrNO2/c1-14-10-5-7-8(12)3-4-13-9(7)6-11(10)15-2/h3-6H,1-2H3. The molecule has 15 heavy (non-hydrogen) atoms. The molecule has 0 unspecified atom stereocenters. The Bertz CT molecular complexity index is 499. The van der Waals surface area contributed by atoms with Crippen LogP contribution >= 0.6 is 15.9 Å². The molecule has 4 heteroatoms. The number of aromatic nitrogens is 1. The number of hydrogen-bond donors (Lipinski definition) is 0. The number of halogens is 1. The Hall–Kier alpha value is -1.29. The number of hydrogen-bond acceptors (Lipinski definition) is 3. The van der Waals surface area contributed by atoms with Gasteiger partial charge in [0.25, 0.3) is 0 Å². The summed E-state index contributed by atoms with van der Waals surface area (Å²) in [5.74, 6) is 1.40. The van der Waals surface area contributed by atoms with Crippen LogP contribution in [0.5, 0.6) is 11.5 Å². The number of nitrogens with zero attached hydrogens (tertiary/aromatic N) is 1. The van der Waals surface area contributed by atoms with E-state index in [2.05, 4.69) is 20.9 Å². The molecule has 0 saturated heterocycles. The quantitative estimate of drug-likeness (QED) is 0.838. The molecule has 0 fully saturated rings. The number of fused-ring (bicyclic) bond motifs is 1. The Kier molecular flexibility index (Phi) is 2.77. The maximum atomic E-state index is 5.23. The molecule has 2 aromatic rings. The fraction of sp³-hybridized carbons (Fsp3) is 0.182. The van der Waals surface area contributed by atoms with E-state index in [-0.39, 0.29) is 0 Å². The Balaban J connectivity index is 2.75. The molecule has 0 N–H and O–H groups in total. The highest BCUT2D eigenvalue weighted by Gasteiger charge is 2.08. The zero-order chi connectivity index (χ0) is 10.8. The number of methoxy groups -OCH3 is 2. The maximum Gasteiger partial charge on any atom is 0.162 e. The van der Waals surface area contributed by atoms with Crippen molar-refractivity contribution in [1.29, 1.82) is 0 Å². The van der Waals surface area contributed by atoms with Gasteiger partial charge in [0, 0.05) is 22.1 Å². The van der Waals surface area contributed by atoms with Gasteiger partial charge in [0.2, 0.25) is 0 Å². The molecule has 0 aliphatic heterocycles. The summed E-state index contributed by atoms with van der Waals surface area (Å²) in [5.41, 5.74) is 0.877. The van der Waals surface area contributed by atoms with Crippen molar-refractivity contribution < 1.29 is 9.47 Å². The third-order valence-corrected chi connectivity index (χ3v) is 2.89. The van der Waals surface area contributed by atoms with Gasteiger partial charge in [-0.2, -0.15) is 0 Å². The smallest absolute Gasteiger partial charge is 0.162 e. The minimum absolute atomic E-state index is 0.690. The van der Waals surface area contributed by atoms with Crippen molar-refractivity contribution in [3.63, 3.8) is 0 Å². The van der Waals surface area contributed by atoms with Crippen molar-refractivity contribution in [2.45, 2.75) is 0 Å². The molecule has 0 amide bonds. The van der Waals surface area contributed by atoms with E-state index in [1.807, 2.05) is 18.2 Å². The van der Waals surface area contributed by atoms with Gasteiger partial charge in [-0.25, -0.2) is 0 Å². The number of benzene rings is 1. The largest absolute Gasteiger partial charge is 0.493 e. The fourth-order valence-corrected chi connectivity index (χ4v) is 1.87. The lowest BCUT2D eigenvalue weighted by Gasteiger charge is -2.09. The Morgan fingerprint density at radius 1 is 1.13 bits per heavy atom. The summed E-state index contributed by atoms with van der Waals surface area (Å²) >= 11 is 3.47. The second kappa shape index (κ2) is 4.06. The molecule has 0 radical (unpaired) electrons. The lowest BCUT2D eigenvalue weighted by molar-refractivity contribution is 0.356. The van der Waals surface area contributed by atoms with E-state index in [1.165, 1.54) is 0 Å². The van der Waals surface area contributed by atoms with Crippen LogP contribution in [0.1, 0.15) is 0 Å². The summed E-state index contributed by atoms with van der Waals surface area (Å²) < 4.78 is 11.4. The molecule has 0 bridgehead atoms. The summed E-state index contributed by atoms with van der Waals surface area (Å²) in [4.78, 5) is 4.26. The van der Waals surface area contributed by atoms with E-state index in [0.29, 0.717) is 11.5 Å². The molecule has 1 aromatic heterocycles. The maximum absolute atomic E-state index is 5.23. The van der Waals surface area contributed by atoms with Crippen LogP contribution in [-0.2, 0) is 0 Å². The summed E-state index contributed by atoms with van der Waals surface area (Å²) in [5, 5.41) is 1.01. The zero-order valence-electron chi connectivity index (χ0n) is 8.45. The van der Waals surface area contributed by atoms with Crippen LogP contribution in [0.4, 0.5) is 0 Å². The SMILES string of the molecule is COc1cc2nccc(Br)c2cc1OC. The Labute approximate surface area is 96.2 Å². The predicted octanol–water partition coefficient (Wildman–Crippen LogP) is 3.01. The second-order valence-corrected chi connectivity index (χ2v) is 3.87. The molecule has 1 heterocycles. The second-order valence-electron chi connectivity index (χ2n) is 3.02. The summed E-state index contributed by atoms with van der Waals surface area (Å²) in [6.45, 7) is 0. The molecule has 2 rings (SSSR count). The first-order chi connectivity index (χ1) is 7.26. The van der Waals surface area contributed by atoms with E-state index < -0.39 is 0 Å². The average Bonchev–Trinajstić information content (AvgIpc) is 2.28. The molecule has 78 valence electrons. The molecule has 3 nitrogen and oxygen atoms in total. The minimum atomic E-state index is 0.690. The van der Waals surface area contributed by atoms with Crippen LogP contribution in [0.25, 0.3) is 10.9 Å². The molecule has 0 spiro atoms. The Morgan fingerprint density at radius 3 is 2.47 bits per heavy atom. The van der Waals surface area contributed by atoms with Gasteiger partial charge in [0.1, 0.15) is 0 Å². The van der Waals surface area contributed by atoms with Crippen LogP contribution in [-0.4, -0.2) is 19.2 Å². The van der Waals surface area contributed by atoms with Crippen molar-refractivity contribution in [3.8, 4) is 11.5 Å². The molecule has 0 aliphatic carbocycles. The van der Waals surface area contributed by atoms with Crippen molar-refractivity contribution >= 4 is 26.8 Å². The van der Waals surface area contributed by atoms with E-state index in [1.54, 1.807) is 20.4 Å².